The number of thiophene rings is 1. The average molecular weight is 277 g/mol. The Bertz CT molecular complexity index is 913. The molecule has 3 heterocycles. The lowest BCUT2D eigenvalue weighted by molar-refractivity contribution is 1.14. The van der Waals surface area contributed by atoms with Gasteiger partial charge in [0.15, 0.2) is 5.82 Å². The van der Waals surface area contributed by atoms with Crippen molar-refractivity contribution >= 4 is 31.6 Å². The van der Waals surface area contributed by atoms with Gasteiger partial charge in [-0.25, -0.2) is 9.97 Å². The van der Waals surface area contributed by atoms with E-state index in [0.717, 1.165) is 21.6 Å². The topological polar surface area (TPSA) is 38.7 Å². The summed E-state index contributed by atoms with van der Waals surface area (Å²) in [6, 6.07) is 14.1. The number of rotatable bonds is 1. The van der Waals surface area contributed by atoms with Crippen LogP contribution in [0, 0.1) is 6.92 Å². The van der Waals surface area contributed by atoms with Crippen LogP contribution in [0.5, 0.6) is 0 Å². The quantitative estimate of drug-likeness (QED) is 0.523. The van der Waals surface area contributed by atoms with Gasteiger partial charge in [-0.1, -0.05) is 24.3 Å². The van der Waals surface area contributed by atoms with E-state index in [0.29, 0.717) is 5.82 Å². The molecule has 0 radical (unpaired) electrons. The van der Waals surface area contributed by atoms with Crippen LogP contribution in [0.3, 0.4) is 0 Å². The summed E-state index contributed by atoms with van der Waals surface area (Å²) < 4.78 is 2.41. The molecule has 4 heteroatoms. The zero-order valence-electron chi connectivity index (χ0n) is 10.9. The van der Waals surface area contributed by atoms with Crippen molar-refractivity contribution in [3.05, 3.63) is 54.4 Å². The Labute approximate surface area is 120 Å². The predicted octanol–water partition coefficient (Wildman–Crippen LogP) is 4.21. The Morgan fingerprint density at radius 2 is 1.80 bits per heavy atom. The average Bonchev–Trinajstić information content (AvgIpc) is 2.88. The molecule has 3 aromatic heterocycles. The third kappa shape index (κ3) is 1.69. The van der Waals surface area contributed by atoms with E-state index < -0.39 is 0 Å². The first-order valence-electron chi connectivity index (χ1n) is 6.40. The van der Waals surface area contributed by atoms with Crippen molar-refractivity contribution in [2.45, 2.75) is 6.92 Å². The highest BCUT2D eigenvalue weighted by Crippen LogP contribution is 2.34. The van der Waals surface area contributed by atoms with Crippen molar-refractivity contribution in [2.75, 3.05) is 0 Å². The fourth-order valence-corrected chi connectivity index (χ4v) is 3.43. The van der Waals surface area contributed by atoms with Crippen LogP contribution in [0.15, 0.2) is 48.7 Å². The maximum Gasteiger partial charge on any atom is 0.179 e. The second-order valence-electron chi connectivity index (χ2n) is 4.62. The molecule has 0 aliphatic carbocycles. The van der Waals surface area contributed by atoms with Gasteiger partial charge >= 0.3 is 0 Å². The SMILES string of the molecule is Cc1nc(-c2ccccn2)nc2c1sc1ccccc12. The molecular formula is C16H11N3S. The van der Waals surface area contributed by atoms with Crippen LogP contribution in [0.4, 0.5) is 0 Å². The van der Waals surface area contributed by atoms with E-state index in [1.807, 2.05) is 31.2 Å². The molecule has 0 fully saturated rings. The molecule has 96 valence electrons. The summed E-state index contributed by atoms with van der Waals surface area (Å²) in [6.07, 6.45) is 1.77. The molecule has 4 aromatic rings. The largest absolute Gasteiger partial charge is 0.253 e. The maximum atomic E-state index is 4.73. The molecule has 0 saturated carbocycles. The summed E-state index contributed by atoms with van der Waals surface area (Å²) in [5.74, 6) is 0.694. The number of hydrogen-bond donors (Lipinski definition) is 0. The molecule has 4 rings (SSSR count). The number of pyridine rings is 1. The van der Waals surface area contributed by atoms with Crippen molar-refractivity contribution in [3.63, 3.8) is 0 Å². The summed E-state index contributed by atoms with van der Waals surface area (Å²) >= 11 is 1.75. The molecule has 3 nitrogen and oxygen atoms in total. The van der Waals surface area contributed by atoms with Gasteiger partial charge in [0.1, 0.15) is 5.69 Å². The molecule has 0 atom stereocenters. The third-order valence-corrected chi connectivity index (χ3v) is 4.55. The van der Waals surface area contributed by atoms with Gasteiger partial charge in [-0.2, -0.15) is 0 Å². The van der Waals surface area contributed by atoms with Crippen molar-refractivity contribution < 1.29 is 0 Å². The Hall–Kier alpha value is -2.33. The Morgan fingerprint density at radius 3 is 2.65 bits per heavy atom. The molecule has 0 saturated heterocycles. The van der Waals surface area contributed by atoms with Gasteiger partial charge in [0.2, 0.25) is 0 Å². The van der Waals surface area contributed by atoms with E-state index in [9.17, 15) is 0 Å². The Morgan fingerprint density at radius 1 is 0.950 bits per heavy atom. The van der Waals surface area contributed by atoms with E-state index in [4.69, 9.17) is 4.98 Å². The summed E-state index contributed by atoms with van der Waals surface area (Å²) in [5, 5.41) is 1.19. The zero-order valence-corrected chi connectivity index (χ0v) is 11.7. The maximum absolute atomic E-state index is 4.73. The number of hydrogen-bond acceptors (Lipinski definition) is 4. The molecule has 0 spiro atoms. The molecule has 0 amide bonds. The Kier molecular flexibility index (Phi) is 2.50. The monoisotopic (exact) mass is 277 g/mol. The van der Waals surface area contributed by atoms with Crippen molar-refractivity contribution in [1.82, 2.24) is 15.0 Å². The molecule has 1 aromatic carbocycles. The third-order valence-electron chi connectivity index (χ3n) is 3.28. The number of fused-ring (bicyclic) bond motifs is 3. The van der Waals surface area contributed by atoms with Crippen LogP contribution in [-0.4, -0.2) is 15.0 Å². The van der Waals surface area contributed by atoms with Crippen LogP contribution in [0.2, 0.25) is 0 Å². The first-order valence-corrected chi connectivity index (χ1v) is 7.22. The minimum Gasteiger partial charge on any atom is -0.253 e. The van der Waals surface area contributed by atoms with Gasteiger partial charge in [0, 0.05) is 16.3 Å². The summed E-state index contributed by atoms with van der Waals surface area (Å²) in [6.45, 7) is 2.03. The highest BCUT2D eigenvalue weighted by molar-refractivity contribution is 7.25. The number of aromatic nitrogens is 3. The second kappa shape index (κ2) is 4.35. The van der Waals surface area contributed by atoms with Crippen LogP contribution in [-0.2, 0) is 0 Å². The zero-order chi connectivity index (χ0) is 13.5. The van der Waals surface area contributed by atoms with Crippen LogP contribution >= 0.6 is 11.3 Å². The first-order chi connectivity index (χ1) is 9.83. The van der Waals surface area contributed by atoms with Gasteiger partial charge < -0.3 is 0 Å². The van der Waals surface area contributed by atoms with Crippen molar-refractivity contribution in [1.29, 1.82) is 0 Å². The van der Waals surface area contributed by atoms with Crippen LogP contribution in [0.25, 0.3) is 31.8 Å². The van der Waals surface area contributed by atoms with Gasteiger partial charge in [-0.15, -0.1) is 11.3 Å². The highest BCUT2D eigenvalue weighted by Gasteiger charge is 2.12. The highest BCUT2D eigenvalue weighted by atomic mass is 32.1. The predicted molar refractivity (Wildman–Crippen MR) is 82.9 cm³/mol. The standard InChI is InChI=1S/C16H11N3S/c1-10-15-14(11-6-2-3-8-13(11)20-15)19-16(18-10)12-7-4-5-9-17-12/h2-9H,1H3. The molecule has 0 bridgehead atoms. The molecule has 0 unspecified atom stereocenters. The fraction of sp³-hybridized carbons (Fsp3) is 0.0625. The number of aryl methyl sites for hydroxylation is 1. The summed E-state index contributed by atoms with van der Waals surface area (Å²) in [7, 11) is 0. The first kappa shape index (κ1) is 11.5. The summed E-state index contributed by atoms with van der Waals surface area (Å²) in [5.41, 5.74) is 2.85. The van der Waals surface area contributed by atoms with Gasteiger partial charge in [0.25, 0.3) is 0 Å². The molecular weight excluding hydrogens is 266 g/mol. The molecule has 0 N–H and O–H groups in total. The van der Waals surface area contributed by atoms with Crippen LogP contribution in [0.1, 0.15) is 5.69 Å². The lowest BCUT2D eigenvalue weighted by atomic mass is 10.2. The molecule has 20 heavy (non-hydrogen) atoms. The minimum absolute atomic E-state index is 0.694. The van der Waals surface area contributed by atoms with Gasteiger partial charge in [-0.05, 0) is 25.1 Å². The van der Waals surface area contributed by atoms with E-state index in [2.05, 4.69) is 28.2 Å². The van der Waals surface area contributed by atoms with E-state index >= 15 is 0 Å². The van der Waals surface area contributed by atoms with Gasteiger partial charge in [-0.3, -0.25) is 4.98 Å². The summed E-state index contributed by atoms with van der Waals surface area (Å²) in [4.78, 5) is 13.7. The second-order valence-corrected chi connectivity index (χ2v) is 5.68. The molecule has 0 aliphatic rings. The number of benzene rings is 1. The van der Waals surface area contributed by atoms with E-state index in [-0.39, 0.29) is 0 Å². The fourth-order valence-electron chi connectivity index (χ4n) is 2.34. The Balaban J connectivity index is 2.08. The van der Waals surface area contributed by atoms with Crippen molar-refractivity contribution in [3.8, 4) is 11.5 Å². The van der Waals surface area contributed by atoms with E-state index in [1.165, 1.54) is 10.1 Å². The minimum atomic E-state index is 0.694. The van der Waals surface area contributed by atoms with Crippen LogP contribution < -0.4 is 0 Å². The normalized spacial score (nSPS) is 11.2. The smallest absolute Gasteiger partial charge is 0.179 e. The lowest BCUT2D eigenvalue weighted by Gasteiger charge is -2.01. The number of nitrogens with zero attached hydrogens (tertiary/aromatic N) is 3. The molecule has 0 aliphatic heterocycles. The van der Waals surface area contributed by atoms with E-state index in [1.54, 1.807) is 17.5 Å². The lowest BCUT2D eigenvalue weighted by Crippen LogP contribution is -1.93. The van der Waals surface area contributed by atoms with Gasteiger partial charge in [0.05, 0.1) is 15.9 Å². The van der Waals surface area contributed by atoms with Crippen molar-refractivity contribution in [2.24, 2.45) is 0 Å².